The molecule has 2 N–H and O–H groups in total. The van der Waals surface area contributed by atoms with E-state index >= 15 is 0 Å². The third-order valence-electron chi connectivity index (χ3n) is 6.44. The Bertz CT molecular complexity index is 1300. The molecule has 1 aromatic heterocycles. The molecule has 2 aliphatic rings. The highest BCUT2D eigenvalue weighted by Crippen LogP contribution is 2.33. The molecule has 0 radical (unpaired) electrons. The largest absolute Gasteiger partial charge is 0.364 e. The summed E-state index contributed by atoms with van der Waals surface area (Å²) in [6.45, 7) is 3.18. The van der Waals surface area contributed by atoms with Crippen LogP contribution < -0.4 is 15.5 Å². The van der Waals surface area contributed by atoms with Crippen LogP contribution in [0.25, 0.3) is 5.69 Å². The van der Waals surface area contributed by atoms with Crippen LogP contribution in [-0.4, -0.2) is 46.3 Å². The summed E-state index contributed by atoms with van der Waals surface area (Å²) in [5, 5.41) is 4.50. The number of benzene rings is 2. The summed E-state index contributed by atoms with van der Waals surface area (Å²) in [5.74, 6) is 0.116. The van der Waals surface area contributed by atoms with Gasteiger partial charge in [0.15, 0.2) is 5.69 Å². The lowest BCUT2D eigenvalue weighted by molar-refractivity contribution is -0.119. The Morgan fingerprint density at radius 2 is 1.69 bits per heavy atom. The molecule has 0 saturated carbocycles. The maximum absolute atomic E-state index is 13.8. The first-order valence-corrected chi connectivity index (χ1v) is 12.8. The van der Waals surface area contributed by atoms with Crippen molar-refractivity contribution >= 4 is 40.9 Å². The van der Waals surface area contributed by atoms with E-state index in [1.807, 2.05) is 48.5 Å². The van der Waals surface area contributed by atoms with Crippen LogP contribution in [0.5, 0.6) is 0 Å². The number of nitrogens with zero attached hydrogens (tertiary/aromatic N) is 4. The highest BCUT2D eigenvalue weighted by Gasteiger charge is 2.35. The zero-order valence-corrected chi connectivity index (χ0v) is 20.4. The number of anilines is 2. The van der Waals surface area contributed by atoms with Crippen LogP contribution in [0.15, 0.2) is 53.4 Å². The quantitative estimate of drug-likeness (QED) is 0.531. The molecule has 1 fully saturated rings. The summed E-state index contributed by atoms with van der Waals surface area (Å²) in [5.41, 5.74) is 9.06. The van der Waals surface area contributed by atoms with Crippen LogP contribution in [0.1, 0.15) is 52.7 Å². The number of carbonyl (C=O) groups excluding carboxylic acids is 3. The predicted molar refractivity (Wildman–Crippen MR) is 137 cm³/mol. The third-order valence-corrected chi connectivity index (χ3v) is 7.38. The van der Waals surface area contributed by atoms with Crippen molar-refractivity contribution in [1.82, 2.24) is 9.78 Å². The maximum Gasteiger partial charge on any atom is 0.277 e. The van der Waals surface area contributed by atoms with Crippen LogP contribution >= 0.6 is 11.8 Å². The molecule has 0 unspecified atom stereocenters. The van der Waals surface area contributed by atoms with E-state index in [9.17, 15) is 14.4 Å². The van der Waals surface area contributed by atoms with Crippen molar-refractivity contribution in [3.63, 3.8) is 0 Å². The van der Waals surface area contributed by atoms with Crippen molar-refractivity contribution in [2.75, 3.05) is 28.6 Å². The lowest BCUT2D eigenvalue weighted by atomic mass is 10.0. The molecular formula is C26H27N5O3S. The topological polar surface area (TPSA) is 102 Å². The van der Waals surface area contributed by atoms with Crippen LogP contribution in [0, 0.1) is 0 Å². The molecule has 35 heavy (non-hydrogen) atoms. The second-order valence-corrected chi connectivity index (χ2v) is 9.88. The Balaban J connectivity index is 1.52. The summed E-state index contributed by atoms with van der Waals surface area (Å²) in [4.78, 5) is 42.7. The number of hydrogen-bond acceptors (Lipinski definition) is 5. The Kier molecular flexibility index (Phi) is 6.34. The molecule has 0 spiro atoms. The first-order valence-electron chi connectivity index (χ1n) is 11.9. The van der Waals surface area contributed by atoms with E-state index in [0.29, 0.717) is 37.2 Å². The number of rotatable bonds is 6. The van der Waals surface area contributed by atoms with Gasteiger partial charge >= 0.3 is 0 Å². The fourth-order valence-corrected chi connectivity index (χ4v) is 5.57. The summed E-state index contributed by atoms with van der Waals surface area (Å²) >= 11 is 1.64. The molecule has 2 aromatic carbocycles. The van der Waals surface area contributed by atoms with Gasteiger partial charge < -0.3 is 15.5 Å². The number of aromatic nitrogens is 2. The van der Waals surface area contributed by atoms with Crippen LogP contribution in [0.3, 0.4) is 0 Å². The van der Waals surface area contributed by atoms with E-state index in [1.54, 1.807) is 26.2 Å². The number of fused-ring (bicyclic) bond motifs is 1. The van der Waals surface area contributed by atoms with E-state index in [-0.39, 0.29) is 17.5 Å². The predicted octanol–water partition coefficient (Wildman–Crippen LogP) is 3.80. The van der Waals surface area contributed by atoms with Gasteiger partial charge in [0, 0.05) is 41.3 Å². The number of thioether (sulfide) groups is 1. The molecule has 1 saturated heterocycles. The van der Waals surface area contributed by atoms with E-state index in [0.717, 1.165) is 40.6 Å². The molecule has 8 nitrogen and oxygen atoms in total. The first kappa shape index (κ1) is 23.2. The van der Waals surface area contributed by atoms with E-state index < -0.39 is 5.91 Å². The molecule has 3 aromatic rings. The molecule has 0 bridgehead atoms. The van der Waals surface area contributed by atoms with Gasteiger partial charge in [-0.1, -0.05) is 19.1 Å². The van der Waals surface area contributed by atoms with Gasteiger partial charge in [0.2, 0.25) is 5.91 Å². The zero-order chi connectivity index (χ0) is 24.5. The maximum atomic E-state index is 13.8. The van der Waals surface area contributed by atoms with Crippen LogP contribution in [0.2, 0.25) is 0 Å². The minimum atomic E-state index is -0.641. The Hall–Kier alpha value is -3.59. The molecule has 9 heteroatoms. The van der Waals surface area contributed by atoms with Gasteiger partial charge in [-0.2, -0.15) is 5.10 Å². The zero-order valence-electron chi connectivity index (χ0n) is 19.6. The Morgan fingerprint density at radius 3 is 2.37 bits per heavy atom. The third kappa shape index (κ3) is 4.20. The smallest absolute Gasteiger partial charge is 0.277 e. The molecule has 0 aliphatic carbocycles. The number of piperidine rings is 1. The van der Waals surface area contributed by atoms with Crippen LogP contribution in [0.4, 0.5) is 11.4 Å². The number of nitrogens with two attached hydrogens (primary N) is 1. The van der Waals surface area contributed by atoms with E-state index in [1.165, 1.54) is 0 Å². The van der Waals surface area contributed by atoms with E-state index in [4.69, 9.17) is 5.73 Å². The molecule has 2 aliphatic heterocycles. The highest BCUT2D eigenvalue weighted by molar-refractivity contribution is 7.99. The van der Waals surface area contributed by atoms with Gasteiger partial charge in [-0.25, -0.2) is 4.68 Å². The molecule has 0 atom stereocenters. The van der Waals surface area contributed by atoms with Crippen molar-refractivity contribution in [3.8, 4) is 5.69 Å². The number of primary amides is 1. The van der Waals surface area contributed by atoms with Crippen molar-refractivity contribution in [1.29, 1.82) is 0 Å². The SMILES string of the molecule is CCSc1ccccc1-n1nc(C(N)=O)c2c1C(=O)N(c1ccc(N3CCCCC3=O)cc1)CC2. The lowest BCUT2D eigenvalue weighted by Crippen LogP contribution is -2.39. The van der Waals surface area contributed by atoms with Crippen molar-refractivity contribution in [3.05, 3.63) is 65.5 Å². The standard InChI is InChI=1S/C26H27N5O3S/c1-2-35-21-8-4-3-7-20(21)31-24-19(23(28-31)25(27)33)14-16-30(26(24)34)18-12-10-17(11-13-18)29-15-6-5-9-22(29)32/h3-4,7-8,10-13H,2,5-6,9,14-16H2,1H3,(H2,27,33). The molecule has 3 heterocycles. The number of para-hydroxylation sites is 1. The monoisotopic (exact) mass is 489 g/mol. The van der Waals surface area contributed by atoms with Gasteiger partial charge in [-0.05, 0) is 61.4 Å². The van der Waals surface area contributed by atoms with Crippen LogP contribution in [-0.2, 0) is 11.2 Å². The van der Waals surface area contributed by atoms with Gasteiger partial charge in [0.1, 0.15) is 5.69 Å². The fourth-order valence-electron chi connectivity index (χ4n) is 4.78. The number of carbonyl (C=O) groups is 3. The normalized spacial score (nSPS) is 15.9. The van der Waals surface area contributed by atoms with Gasteiger partial charge in [-0.3, -0.25) is 14.4 Å². The second kappa shape index (κ2) is 9.58. The summed E-state index contributed by atoms with van der Waals surface area (Å²) in [6.07, 6.45) is 2.96. The number of hydrogen-bond donors (Lipinski definition) is 1. The summed E-state index contributed by atoms with van der Waals surface area (Å²) in [7, 11) is 0. The van der Waals surface area contributed by atoms with Crippen molar-refractivity contribution < 1.29 is 14.4 Å². The molecular weight excluding hydrogens is 462 g/mol. The molecule has 5 rings (SSSR count). The van der Waals surface area contributed by atoms with Gasteiger partial charge in [0.05, 0.1) is 5.69 Å². The fraction of sp³-hybridized carbons (Fsp3) is 0.308. The lowest BCUT2D eigenvalue weighted by Gasteiger charge is -2.30. The van der Waals surface area contributed by atoms with Crippen molar-refractivity contribution in [2.45, 2.75) is 37.5 Å². The highest BCUT2D eigenvalue weighted by atomic mass is 32.2. The summed E-state index contributed by atoms with van der Waals surface area (Å²) < 4.78 is 1.57. The molecule has 3 amide bonds. The minimum absolute atomic E-state index is 0.134. The average molecular weight is 490 g/mol. The molecule has 180 valence electrons. The Labute approximate surface area is 208 Å². The van der Waals surface area contributed by atoms with Crippen molar-refractivity contribution in [2.24, 2.45) is 5.73 Å². The van der Waals surface area contributed by atoms with Gasteiger partial charge in [0.25, 0.3) is 11.8 Å². The van der Waals surface area contributed by atoms with E-state index in [2.05, 4.69) is 12.0 Å². The first-order chi connectivity index (χ1) is 17.0. The average Bonchev–Trinajstić information content (AvgIpc) is 3.26. The number of amides is 3. The second-order valence-electron chi connectivity index (χ2n) is 8.58. The minimum Gasteiger partial charge on any atom is -0.364 e. The Morgan fingerprint density at radius 1 is 0.971 bits per heavy atom. The summed E-state index contributed by atoms with van der Waals surface area (Å²) in [6, 6.07) is 15.2. The van der Waals surface area contributed by atoms with Gasteiger partial charge in [-0.15, -0.1) is 11.8 Å².